The third-order valence-electron chi connectivity index (χ3n) is 8.22. The average Bonchev–Trinajstić information content (AvgIpc) is 2.76. The number of carboxylic acids is 1. The lowest BCUT2D eigenvalue weighted by molar-refractivity contribution is -0.150. The van der Waals surface area contributed by atoms with Crippen molar-refractivity contribution in [1.82, 2.24) is 0 Å². The Hall–Kier alpha value is -1.71. The minimum Gasteiger partial charge on any atom is -0.481 e. The summed E-state index contributed by atoms with van der Waals surface area (Å²) in [5, 5.41) is 10.2. The summed E-state index contributed by atoms with van der Waals surface area (Å²) in [4.78, 5) is 24.6. The van der Waals surface area contributed by atoms with Gasteiger partial charge in [0.1, 0.15) is 0 Å². The molecule has 224 valence electrons. The molecule has 1 N–H and O–H groups in total. The van der Waals surface area contributed by atoms with E-state index in [1.54, 1.807) is 26.8 Å². The number of rotatable bonds is 15. The van der Waals surface area contributed by atoms with E-state index in [2.05, 4.69) is 33.9 Å². The highest BCUT2D eigenvalue weighted by molar-refractivity contribution is 7.91. The van der Waals surface area contributed by atoms with Crippen LogP contribution in [-0.2, 0) is 40.4 Å². The highest BCUT2D eigenvalue weighted by Crippen LogP contribution is 2.37. The van der Waals surface area contributed by atoms with Crippen LogP contribution >= 0.6 is 0 Å². The molecule has 0 radical (unpaired) electrons. The number of carbonyl (C=O) groups is 2. The van der Waals surface area contributed by atoms with Gasteiger partial charge < -0.3 is 14.3 Å². The summed E-state index contributed by atoms with van der Waals surface area (Å²) in [5.74, 6) is -1.23. The van der Waals surface area contributed by atoms with Gasteiger partial charge in [-0.05, 0) is 74.7 Å². The Morgan fingerprint density at radius 2 is 1.56 bits per heavy atom. The van der Waals surface area contributed by atoms with Crippen LogP contribution in [0.5, 0.6) is 0 Å². The van der Waals surface area contributed by atoms with Gasteiger partial charge in [0.2, 0.25) is 0 Å². The van der Waals surface area contributed by atoms with Gasteiger partial charge in [-0.3, -0.25) is 9.59 Å². The quantitative estimate of drug-likeness (QED) is 0.188. The van der Waals surface area contributed by atoms with Crippen LogP contribution in [0.2, 0.25) is 18.1 Å². The van der Waals surface area contributed by atoms with Crippen molar-refractivity contribution in [3.8, 4) is 0 Å². The zero-order valence-electron chi connectivity index (χ0n) is 26.1. The lowest BCUT2D eigenvalue weighted by atomic mass is 9.75. The number of hydrogen-bond donors (Lipinski definition) is 1. The second-order valence-electron chi connectivity index (χ2n) is 14.1. The van der Waals surface area contributed by atoms with Crippen LogP contribution in [0.25, 0.3) is 0 Å². The summed E-state index contributed by atoms with van der Waals surface area (Å²) in [6.45, 7) is 20.0. The van der Waals surface area contributed by atoms with Crippen molar-refractivity contribution in [2.24, 2.45) is 10.8 Å². The lowest BCUT2D eigenvalue weighted by Gasteiger charge is -2.36. The number of aliphatic carboxylic acids is 1. The molecule has 9 heteroatoms. The first kappa shape index (κ1) is 35.3. The summed E-state index contributed by atoms with van der Waals surface area (Å²) >= 11 is 0. The summed E-state index contributed by atoms with van der Waals surface area (Å²) < 4.78 is 36.8. The van der Waals surface area contributed by atoms with Gasteiger partial charge in [0.05, 0.1) is 29.4 Å². The molecule has 1 atom stereocenters. The molecular weight excluding hydrogens is 532 g/mol. The van der Waals surface area contributed by atoms with E-state index in [0.29, 0.717) is 31.2 Å². The molecule has 0 unspecified atom stereocenters. The first-order valence-electron chi connectivity index (χ1n) is 13.7. The summed E-state index contributed by atoms with van der Waals surface area (Å²) in [5.41, 5.74) is -0.847. The monoisotopic (exact) mass is 584 g/mol. The SMILES string of the molecule is COC(=O)C(C)(C)Cc1cccc([C@@](C)(CCCC(C)(C)CS(=O)(=O)CCO[Si](C)(C)C(C)(C)C)C(=O)O)c1. The smallest absolute Gasteiger partial charge is 0.313 e. The van der Waals surface area contributed by atoms with E-state index >= 15 is 0 Å². The van der Waals surface area contributed by atoms with E-state index in [9.17, 15) is 23.1 Å². The third-order valence-corrected chi connectivity index (χ3v) is 14.8. The first-order chi connectivity index (χ1) is 17.5. The summed E-state index contributed by atoms with van der Waals surface area (Å²) in [6.07, 6.45) is 1.92. The Kier molecular flexibility index (Phi) is 11.6. The molecule has 0 aliphatic rings. The van der Waals surface area contributed by atoms with Gasteiger partial charge in [0, 0.05) is 6.61 Å². The fourth-order valence-corrected chi connectivity index (χ4v) is 7.57. The van der Waals surface area contributed by atoms with Gasteiger partial charge >= 0.3 is 11.9 Å². The number of benzene rings is 1. The molecule has 0 fully saturated rings. The summed E-state index contributed by atoms with van der Waals surface area (Å²) in [6, 6.07) is 7.37. The molecule has 1 aromatic rings. The normalized spacial score (nSPS) is 15.1. The number of sulfone groups is 1. The first-order valence-corrected chi connectivity index (χ1v) is 18.5. The second kappa shape index (κ2) is 12.9. The van der Waals surface area contributed by atoms with Crippen LogP contribution < -0.4 is 0 Å². The predicted molar refractivity (Wildman–Crippen MR) is 160 cm³/mol. The minimum atomic E-state index is -3.33. The van der Waals surface area contributed by atoms with Crippen molar-refractivity contribution in [2.45, 2.75) is 105 Å². The molecule has 7 nitrogen and oxygen atoms in total. The van der Waals surface area contributed by atoms with E-state index in [0.717, 1.165) is 5.56 Å². The van der Waals surface area contributed by atoms with Gasteiger partial charge in [-0.2, -0.15) is 0 Å². The van der Waals surface area contributed by atoms with Crippen molar-refractivity contribution in [2.75, 3.05) is 25.2 Å². The van der Waals surface area contributed by atoms with E-state index in [-0.39, 0.29) is 29.1 Å². The summed E-state index contributed by atoms with van der Waals surface area (Å²) in [7, 11) is -3.99. The molecule has 0 spiro atoms. The molecule has 0 amide bonds. The number of methoxy groups -OCH3 is 1. The Balaban J connectivity index is 2.89. The van der Waals surface area contributed by atoms with E-state index in [4.69, 9.17) is 9.16 Å². The van der Waals surface area contributed by atoms with Crippen LogP contribution in [-0.4, -0.2) is 59.0 Å². The molecule has 0 aliphatic carbocycles. The van der Waals surface area contributed by atoms with E-state index in [1.807, 2.05) is 32.0 Å². The zero-order valence-corrected chi connectivity index (χ0v) is 27.9. The zero-order chi connectivity index (χ0) is 30.5. The maximum atomic E-state index is 12.9. The van der Waals surface area contributed by atoms with Gasteiger partial charge in [-0.15, -0.1) is 0 Å². The number of carboxylic acid groups (broad SMARTS) is 1. The van der Waals surface area contributed by atoms with Gasteiger partial charge in [-0.1, -0.05) is 65.3 Å². The van der Waals surface area contributed by atoms with Crippen LogP contribution in [0.4, 0.5) is 0 Å². The van der Waals surface area contributed by atoms with Gasteiger partial charge in [-0.25, -0.2) is 8.42 Å². The van der Waals surface area contributed by atoms with Crippen LogP contribution in [0, 0.1) is 10.8 Å². The Morgan fingerprint density at radius 3 is 2.08 bits per heavy atom. The highest BCUT2D eigenvalue weighted by Gasteiger charge is 2.39. The van der Waals surface area contributed by atoms with Crippen molar-refractivity contribution >= 4 is 30.1 Å². The van der Waals surface area contributed by atoms with E-state index in [1.165, 1.54) is 7.11 Å². The standard InChI is InChI=1S/C30H52O7SSi/c1-27(2,3)39(10,11)37-18-19-38(34,35)22-28(4,5)16-13-17-30(8,25(31)32)24-15-12-14-23(20-24)21-29(6,7)26(33)36-9/h12,14-15,20H,13,16-19,21-22H2,1-11H3,(H,31,32)/t30-/m1/s1. The number of esters is 1. The fourth-order valence-electron chi connectivity index (χ4n) is 4.56. The van der Waals surface area contributed by atoms with Crippen molar-refractivity contribution in [3.63, 3.8) is 0 Å². The van der Waals surface area contributed by atoms with Gasteiger partial charge in [0.25, 0.3) is 0 Å². The molecule has 39 heavy (non-hydrogen) atoms. The van der Waals surface area contributed by atoms with Crippen molar-refractivity contribution in [1.29, 1.82) is 0 Å². The minimum absolute atomic E-state index is 0.00943. The number of hydrogen-bond acceptors (Lipinski definition) is 6. The molecule has 0 saturated carbocycles. The van der Waals surface area contributed by atoms with Gasteiger partial charge in [0.15, 0.2) is 18.2 Å². The molecule has 0 heterocycles. The third kappa shape index (κ3) is 10.3. The largest absolute Gasteiger partial charge is 0.481 e. The average molecular weight is 585 g/mol. The lowest BCUT2D eigenvalue weighted by Crippen LogP contribution is -2.42. The maximum Gasteiger partial charge on any atom is 0.313 e. The Morgan fingerprint density at radius 1 is 0.974 bits per heavy atom. The molecule has 1 aromatic carbocycles. The molecule has 0 bridgehead atoms. The van der Waals surface area contributed by atoms with Crippen molar-refractivity contribution < 1.29 is 32.3 Å². The predicted octanol–water partition coefficient (Wildman–Crippen LogP) is 6.40. The maximum absolute atomic E-state index is 12.9. The topological polar surface area (TPSA) is 107 Å². The Labute approximate surface area is 238 Å². The molecule has 0 aliphatic heterocycles. The Bertz CT molecular complexity index is 1100. The second-order valence-corrected chi connectivity index (χ2v) is 21.1. The molecule has 1 rings (SSSR count). The highest BCUT2D eigenvalue weighted by atomic mass is 32.2. The van der Waals surface area contributed by atoms with Crippen molar-refractivity contribution in [3.05, 3.63) is 35.4 Å². The van der Waals surface area contributed by atoms with Crippen LogP contribution in [0.15, 0.2) is 24.3 Å². The molecule has 0 saturated heterocycles. The molecule has 0 aromatic heterocycles. The van der Waals surface area contributed by atoms with Crippen LogP contribution in [0.3, 0.4) is 0 Å². The fraction of sp³-hybridized carbons (Fsp3) is 0.733. The van der Waals surface area contributed by atoms with Crippen LogP contribution in [0.1, 0.15) is 85.8 Å². The van der Waals surface area contributed by atoms with E-state index < -0.39 is 40.4 Å². The molecular formula is C30H52O7SSi. The number of ether oxygens (including phenoxy) is 1. The number of carbonyl (C=O) groups excluding carboxylic acids is 1.